The number of aromatic amines is 1. The molecule has 0 amide bonds. The van der Waals surface area contributed by atoms with Crippen LogP contribution in [-0.2, 0) is 6.42 Å². The number of rotatable bonds is 3. The summed E-state index contributed by atoms with van der Waals surface area (Å²) in [4.78, 5) is 10.0. The van der Waals surface area contributed by atoms with E-state index in [-0.39, 0.29) is 10.6 Å². The van der Waals surface area contributed by atoms with Crippen molar-refractivity contribution in [1.82, 2.24) is 10.2 Å². The fraction of sp³-hybridized carbons (Fsp3) is 0.500. The van der Waals surface area contributed by atoms with Crippen LogP contribution in [0.5, 0.6) is 0 Å². The first-order valence-corrected chi connectivity index (χ1v) is 4.34. The average Bonchev–Trinajstić information content (AvgIpc) is 2.34. The Morgan fingerprint density at radius 1 is 1.92 bits per heavy atom. The minimum Gasteiger partial charge on any atom is -0.358 e. The van der Waals surface area contributed by atoms with Gasteiger partial charge >= 0.3 is 5.82 Å². The molecule has 1 unspecified atom stereocenters. The van der Waals surface area contributed by atoms with E-state index in [2.05, 4.69) is 26.1 Å². The monoisotopic (exact) mass is 233 g/mol. The molecule has 1 atom stereocenters. The second kappa shape index (κ2) is 3.66. The summed E-state index contributed by atoms with van der Waals surface area (Å²) in [7, 11) is 0. The first-order chi connectivity index (χ1) is 5.59. The summed E-state index contributed by atoms with van der Waals surface area (Å²) in [5.41, 5.74) is 0.700. The maximum absolute atomic E-state index is 10.2. The van der Waals surface area contributed by atoms with Crippen LogP contribution in [0.4, 0.5) is 5.82 Å². The molecule has 12 heavy (non-hydrogen) atoms. The molecule has 0 fully saturated rings. The maximum Gasteiger partial charge on any atom is 0.342 e. The van der Waals surface area contributed by atoms with Gasteiger partial charge in [0.15, 0.2) is 0 Å². The minimum atomic E-state index is -0.491. The fourth-order valence-electron chi connectivity index (χ4n) is 0.838. The third kappa shape index (κ3) is 2.30. The van der Waals surface area contributed by atoms with Gasteiger partial charge in [-0.15, -0.1) is 5.10 Å². The number of hydrogen-bond acceptors (Lipinski definition) is 3. The lowest BCUT2D eigenvalue weighted by atomic mass is 10.2. The highest BCUT2D eigenvalue weighted by atomic mass is 79.9. The van der Waals surface area contributed by atoms with Gasteiger partial charge in [-0.2, -0.15) is 0 Å². The van der Waals surface area contributed by atoms with Crippen molar-refractivity contribution in [3.8, 4) is 0 Å². The van der Waals surface area contributed by atoms with Crippen molar-refractivity contribution in [3.63, 3.8) is 0 Å². The fourth-order valence-corrected chi connectivity index (χ4v) is 1.17. The lowest BCUT2D eigenvalue weighted by Gasteiger charge is -1.94. The van der Waals surface area contributed by atoms with Gasteiger partial charge in [0, 0.05) is 11.2 Å². The molecule has 0 aliphatic heterocycles. The van der Waals surface area contributed by atoms with Crippen molar-refractivity contribution in [2.75, 3.05) is 0 Å². The van der Waals surface area contributed by atoms with E-state index in [0.717, 1.165) is 0 Å². The number of nitrogens with one attached hydrogen (secondary N) is 1. The number of nitrogens with zero attached hydrogens (tertiary/aromatic N) is 2. The Hall–Kier alpha value is -0.910. The number of nitro groups is 1. The van der Waals surface area contributed by atoms with E-state index < -0.39 is 4.92 Å². The third-order valence-electron chi connectivity index (χ3n) is 1.30. The molecule has 0 saturated heterocycles. The summed E-state index contributed by atoms with van der Waals surface area (Å²) in [6.07, 6.45) is 0.685. The first-order valence-electron chi connectivity index (χ1n) is 3.42. The largest absolute Gasteiger partial charge is 0.358 e. The zero-order valence-electron chi connectivity index (χ0n) is 6.45. The molecular formula is C6H8BrN3O2. The van der Waals surface area contributed by atoms with Gasteiger partial charge in [-0.25, -0.2) is 0 Å². The number of hydrogen-bond donors (Lipinski definition) is 1. The smallest absolute Gasteiger partial charge is 0.342 e. The van der Waals surface area contributed by atoms with E-state index in [4.69, 9.17) is 0 Å². The quantitative estimate of drug-likeness (QED) is 0.490. The lowest BCUT2D eigenvalue weighted by Crippen LogP contribution is -1.95. The summed E-state index contributed by atoms with van der Waals surface area (Å²) in [5, 5.41) is 16.3. The maximum atomic E-state index is 10.2. The summed E-state index contributed by atoms with van der Waals surface area (Å²) < 4.78 is 0. The van der Waals surface area contributed by atoms with Gasteiger partial charge in [0.2, 0.25) is 0 Å². The molecule has 0 radical (unpaired) electrons. The van der Waals surface area contributed by atoms with Gasteiger partial charge in [0.25, 0.3) is 0 Å². The predicted octanol–water partition coefficient (Wildman–Crippen LogP) is 1.64. The minimum absolute atomic E-state index is 0.0573. The molecule has 1 heterocycles. The standard InChI is InChI=1S/C6H8BrN3O2/c1-4(7)2-5-3-6(9-8-5)10(11)12/h3-4H,2H2,1H3,(H,8,9). The van der Waals surface area contributed by atoms with Gasteiger partial charge in [-0.1, -0.05) is 28.0 Å². The van der Waals surface area contributed by atoms with Crippen LogP contribution in [0.1, 0.15) is 12.6 Å². The van der Waals surface area contributed by atoms with E-state index in [1.165, 1.54) is 6.07 Å². The SMILES string of the molecule is CC(Br)Cc1cc([N+](=O)[O-])[nH]n1. The second-order valence-corrected chi connectivity index (χ2v) is 4.05. The van der Waals surface area contributed by atoms with Crippen molar-refractivity contribution in [2.24, 2.45) is 0 Å². The first kappa shape index (κ1) is 9.18. The highest BCUT2D eigenvalue weighted by Crippen LogP contribution is 2.12. The Kier molecular flexibility index (Phi) is 2.80. The molecule has 6 heteroatoms. The molecule has 66 valence electrons. The van der Waals surface area contributed by atoms with Crippen LogP contribution in [0.25, 0.3) is 0 Å². The van der Waals surface area contributed by atoms with Crippen molar-refractivity contribution in [3.05, 3.63) is 21.9 Å². The van der Waals surface area contributed by atoms with Crippen LogP contribution in [0.2, 0.25) is 0 Å². The highest BCUT2D eigenvalue weighted by molar-refractivity contribution is 9.09. The Morgan fingerprint density at radius 3 is 3.00 bits per heavy atom. The van der Waals surface area contributed by atoms with Crippen molar-refractivity contribution in [1.29, 1.82) is 0 Å². The van der Waals surface area contributed by atoms with Crippen LogP contribution < -0.4 is 0 Å². The third-order valence-corrected chi connectivity index (χ3v) is 1.63. The topological polar surface area (TPSA) is 71.8 Å². The van der Waals surface area contributed by atoms with E-state index in [1.54, 1.807) is 0 Å². The van der Waals surface area contributed by atoms with Crippen molar-refractivity contribution >= 4 is 21.7 Å². The van der Waals surface area contributed by atoms with E-state index in [9.17, 15) is 10.1 Å². The molecule has 0 aliphatic rings. The molecule has 0 spiro atoms. The predicted molar refractivity (Wildman–Crippen MR) is 47.3 cm³/mol. The molecule has 0 bridgehead atoms. The average molecular weight is 234 g/mol. The van der Waals surface area contributed by atoms with Gasteiger partial charge in [0.05, 0.1) is 11.8 Å². The summed E-state index contributed by atoms with van der Waals surface area (Å²) >= 11 is 3.33. The number of halogens is 1. The van der Waals surface area contributed by atoms with Gasteiger partial charge in [-0.05, 0) is 4.92 Å². The zero-order valence-corrected chi connectivity index (χ0v) is 8.04. The summed E-state index contributed by atoms with van der Waals surface area (Å²) in [6, 6.07) is 1.44. The second-order valence-electron chi connectivity index (χ2n) is 2.49. The van der Waals surface area contributed by atoms with Crippen LogP contribution >= 0.6 is 15.9 Å². The molecular weight excluding hydrogens is 226 g/mol. The van der Waals surface area contributed by atoms with E-state index in [1.807, 2.05) is 6.92 Å². The van der Waals surface area contributed by atoms with E-state index >= 15 is 0 Å². The molecule has 1 aromatic heterocycles. The number of aromatic nitrogens is 2. The van der Waals surface area contributed by atoms with E-state index in [0.29, 0.717) is 12.1 Å². The van der Waals surface area contributed by atoms with Gasteiger partial charge in [0.1, 0.15) is 0 Å². The normalized spacial score (nSPS) is 12.8. The van der Waals surface area contributed by atoms with Crippen LogP contribution in [0.15, 0.2) is 6.07 Å². The molecule has 1 N–H and O–H groups in total. The lowest BCUT2D eigenvalue weighted by molar-refractivity contribution is -0.389. The number of alkyl halides is 1. The molecule has 0 saturated carbocycles. The molecule has 1 rings (SSSR count). The highest BCUT2D eigenvalue weighted by Gasteiger charge is 2.10. The Balaban J connectivity index is 2.71. The molecule has 0 aromatic carbocycles. The number of H-pyrrole nitrogens is 1. The molecule has 0 aliphatic carbocycles. The van der Waals surface area contributed by atoms with Crippen LogP contribution in [0, 0.1) is 10.1 Å². The van der Waals surface area contributed by atoms with Crippen molar-refractivity contribution < 1.29 is 4.92 Å². The molecule has 1 aromatic rings. The summed E-state index contributed by atoms with van der Waals surface area (Å²) in [5.74, 6) is -0.0573. The van der Waals surface area contributed by atoms with Gasteiger partial charge in [-0.3, -0.25) is 0 Å². The van der Waals surface area contributed by atoms with Crippen LogP contribution in [-0.4, -0.2) is 19.9 Å². The Bertz CT molecular complexity index is 284. The van der Waals surface area contributed by atoms with Crippen LogP contribution in [0.3, 0.4) is 0 Å². The van der Waals surface area contributed by atoms with Crippen molar-refractivity contribution in [2.45, 2.75) is 18.2 Å². The molecule has 5 nitrogen and oxygen atoms in total. The van der Waals surface area contributed by atoms with Gasteiger partial charge < -0.3 is 10.1 Å². The Labute approximate surface area is 77.4 Å². The Morgan fingerprint density at radius 2 is 2.58 bits per heavy atom. The summed E-state index contributed by atoms with van der Waals surface area (Å²) in [6.45, 7) is 1.96. The zero-order chi connectivity index (χ0) is 9.14.